The molecule has 0 spiro atoms. The quantitative estimate of drug-likeness (QED) is 0.800. The summed E-state index contributed by atoms with van der Waals surface area (Å²) < 4.78 is 27.5. The number of nitrogens with two attached hydrogens (primary N) is 1. The van der Waals surface area contributed by atoms with Gasteiger partial charge < -0.3 is 15.4 Å². The van der Waals surface area contributed by atoms with Crippen LogP contribution in [0.3, 0.4) is 0 Å². The Morgan fingerprint density at radius 3 is 2.52 bits per heavy atom. The number of aryl methyl sites for hydroxylation is 1. The van der Waals surface area contributed by atoms with E-state index in [0.717, 1.165) is 17.1 Å². The van der Waals surface area contributed by atoms with E-state index in [-0.39, 0.29) is 17.1 Å². The molecule has 1 aromatic rings. The molecule has 1 aliphatic carbocycles. The molecule has 1 heterocycles. The highest BCUT2D eigenvalue weighted by Gasteiger charge is 2.36. The van der Waals surface area contributed by atoms with E-state index in [4.69, 9.17) is 5.73 Å². The molecule has 0 aliphatic heterocycles. The lowest BCUT2D eigenvalue weighted by atomic mass is 10.0. The van der Waals surface area contributed by atoms with Gasteiger partial charge in [0.05, 0.1) is 5.60 Å². The van der Waals surface area contributed by atoms with Gasteiger partial charge in [0, 0.05) is 26.8 Å². The summed E-state index contributed by atoms with van der Waals surface area (Å²) >= 11 is 0. The summed E-state index contributed by atoms with van der Waals surface area (Å²) in [6.45, 7) is 0.0517. The molecule has 2 rings (SSSR count). The smallest absolute Gasteiger partial charge is 0.265 e. The van der Waals surface area contributed by atoms with Crippen LogP contribution in [0.15, 0.2) is 17.2 Å². The highest BCUT2D eigenvalue weighted by Crippen LogP contribution is 2.31. The first-order valence-corrected chi connectivity index (χ1v) is 8.25. The van der Waals surface area contributed by atoms with Gasteiger partial charge in [-0.25, -0.2) is 8.42 Å². The van der Waals surface area contributed by atoms with Crippen molar-refractivity contribution in [3.05, 3.63) is 18.0 Å². The van der Waals surface area contributed by atoms with Gasteiger partial charge in [-0.2, -0.15) is 4.31 Å². The van der Waals surface area contributed by atoms with Gasteiger partial charge in [-0.1, -0.05) is 12.8 Å². The minimum atomic E-state index is -3.76. The van der Waals surface area contributed by atoms with E-state index in [0.29, 0.717) is 12.8 Å². The lowest BCUT2D eigenvalue weighted by Crippen LogP contribution is -2.41. The van der Waals surface area contributed by atoms with Crippen LogP contribution < -0.4 is 5.73 Å². The summed E-state index contributed by atoms with van der Waals surface area (Å²) in [5.41, 5.74) is 4.36. The summed E-state index contributed by atoms with van der Waals surface area (Å²) in [7, 11) is -0.763. The predicted molar refractivity (Wildman–Crippen MR) is 77.2 cm³/mol. The monoisotopic (exact) mass is 315 g/mol. The average Bonchev–Trinajstić information content (AvgIpc) is 2.96. The Morgan fingerprint density at radius 1 is 1.48 bits per heavy atom. The van der Waals surface area contributed by atoms with Gasteiger partial charge in [0.15, 0.2) is 0 Å². The van der Waals surface area contributed by atoms with Crippen LogP contribution in [0.1, 0.15) is 36.2 Å². The molecule has 1 amide bonds. The minimum absolute atomic E-state index is 0.00268. The van der Waals surface area contributed by atoms with Crippen molar-refractivity contribution in [3.8, 4) is 0 Å². The third-order valence-corrected chi connectivity index (χ3v) is 5.76. The number of hydrogen-bond donors (Lipinski definition) is 2. The van der Waals surface area contributed by atoms with Crippen LogP contribution in [0.25, 0.3) is 0 Å². The zero-order valence-electron chi connectivity index (χ0n) is 12.2. The standard InChI is InChI=1S/C13H21N3O4S/c1-15-8-10(7-11(15)12(14)17)21(19,20)16(2)9-13(18)5-3-4-6-13/h7-8,18H,3-6,9H2,1-2H3,(H2,14,17). The largest absolute Gasteiger partial charge is 0.389 e. The fourth-order valence-electron chi connectivity index (χ4n) is 2.79. The van der Waals surface area contributed by atoms with E-state index >= 15 is 0 Å². The Kier molecular flexibility index (Phi) is 4.14. The molecule has 3 N–H and O–H groups in total. The van der Waals surface area contributed by atoms with Gasteiger partial charge in [0.2, 0.25) is 10.0 Å². The molecule has 0 radical (unpaired) electrons. The van der Waals surface area contributed by atoms with Crippen molar-refractivity contribution in [1.82, 2.24) is 8.87 Å². The van der Waals surface area contributed by atoms with Gasteiger partial charge in [-0.15, -0.1) is 0 Å². The number of rotatable bonds is 5. The molecule has 7 nitrogen and oxygen atoms in total. The second-order valence-corrected chi connectivity index (χ2v) is 7.77. The van der Waals surface area contributed by atoms with Gasteiger partial charge in [-0.05, 0) is 18.9 Å². The van der Waals surface area contributed by atoms with Gasteiger partial charge in [0.25, 0.3) is 5.91 Å². The molecule has 8 heteroatoms. The number of hydrogen-bond acceptors (Lipinski definition) is 4. The van der Waals surface area contributed by atoms with Crippen LogP contribution in [0.5, 0.6) is 0 Å². The molecular weight excluding hydrogens is 294 g/mol. The lowest BCUT2D eigenvalue weighted by Gasteiger charge is -2.27. The average molecular weight is 315 g/mol. The van der Waals surface area contributed by atoms with Crippen molar-refractivity contribution in [2.24, 2.45) is 12.8 Å². The van der Waals surface area contributed by atoms with Gasteiger partial charge in [-0.3, -0.25) is 4.79 Å². The number of carbonyl (C=O) groups excluding carboxylic acids is 1. The number of nitrogens with zero attached hydrogens (tertiary/aromatic N) is 2. The van der Waals surface area contributed by atoms with Crippen molar-refractivity contribution < 1.29 is 18.3 Å². The molecule has 0 aromatic carbocycles. The van der Waals surface area contributed by atoms with Crippen LogP contribution in [0.2, 0.25) is 0 Å². The summed E-state index contributed by atoms with van der Waals surface area (Å²) in [5, 5.41) is 10.3. The van der Waals surface area contributed by atoms with Crippen molar-refractivity contribution in [3.63, 3.8) is 0 Å². The Hall–Kier alpha value is -1.38. The number of aliphatic hydroxyl groups is 1. The Bertz CT molecular complexity index is 644. The lowest BCUT2D eigenvalue weighted by molar-refractivity contribution is 0.0333. The molecule has 0 bridgehead atoms. The predicted octanol–water partition coefficient (Wildman–Crippen LogP) is 0.0496. The SMILES string of the molecule is CN(CC1(O)CCCC1)S(=O)(=O)c1cc(C(N)=O)n(C)c1. The fraction of sp³-hybridized carbons (Fsp3) is 0.615. The zero-order chi connectivity index (χ0) is 15.8. The normalized spacial score (nSPS) is 18.3. The molecule has 1 aliphatic rings. The van der Waals surface area contributed by atoms with E-state index in [1.54, 1.807) is 7.05 Å². The molecule has 1 fully saturated rings. The second kappa shape index (κ2) is 5.43. The Morgan fingerprint density at radius 2 is 2.05 bits per heavy atom. The molecule has 118 valence electrons. The Labute approximate surface area is 124 Å². The first kappa shape index (κ1) is 16.0. The topological polar surface area (TPSA) is 106 Å². The summed E-state index contributed by atoms with van der Waals surface area (Å²) in [5.74, 6) is -0.684. The first-order chi connectivity index (χ1) is 9.66. The van der Waals surface area contributed by atoms with Crippen LogP contribution in [0, 0.1) is 0 Å². The van der Waals surface area contributed by atoms with E-state index in [2.05, 4.69) is 0 Å². The third-order valence-electron chi connectivity index (χ3n) is 3.99. The molecule has 0 unspecified atom stereocenters. The molecule has 0 saturated heterocycles. The third kappa shape index (κ3) is 3.12. The van der Waals surface area contributed by atoms with Gasteiger partial charge in [0.1, 0.15) is 10.6 Å². The molecular formula is C13H21N3O4S. The summed E-state index contributed by atoms with van der Waals surface area (Å²) in [6.07, 6.45) is 4.37. The van der Waals surface area contributed by atoms with Crippen molar-refractivity contribution in [2.45, 2.75) is 36.2 Å². The maximum atomic E-state index is 12.5. The van der Waals surface area contributed by atoms with Crippen molar-refractivity contribution in [2.75, 3.05) is 13.6 Å². The number of carbonyl (C=O) groups is 1. The maximum absolute atomic E-state index is 12.5. The van der Waals surface area contributed by atoms with Crippen LogP contribution in [-0.4, -0.2) is 47.5 Å². The summed E-state index contributed by atoms with van der Waals surface area (Å²) in [6, 6.07) is 1.26. The van der Waals surface area contributed by atoms with Crippen LogP contribution in [0.4, 0.5) is 0 Å². The van der Waals surface area contributed by atoms with Crippen molar-refractivity contribution >= 4 is 15.9 Å². The zero-order valence-corrected chi connectivity index (χ0v) is 13.1. The minimum Gasteiger partial charge on any atom is -0.389 e. The number of aromatic nitrogens is 1. The van der Waals surface area contributed by atoms with Crippen LogP contribution >= 0.6 is 0 Å². The van der Waals surface area contributed by atoms with Gasteiger partial charge >= 0.3 is 0 Å². The fourth-order valence-corrected chi connectivity index (χ4v) is 4.11. The van der Waals surface area contributed by atoms with Crippen LogP contribution in [-0.2, 0) is 17.1 Å². The maximum Gasteiger partial charge on any atom is 0.265 e. The number of sulfonamides is 1. The number of likely N-dealkylation sites (N-methyl/N-ethyl adjacent to an activating group) is 1. The van der Waals surface area contributed by atoms with E-state index in [1.807, 2.05) is 0 Å². The molecule has 21 heavy (non-hydrogen) atoms. The number of primary amides is 1. The van der Waals surface area contributed by atoms with Crippen molar-refractivity contribution in [1.29, 1.82) is 0 Å². The molecule has 1 aromatic heterocycles. The molecule has 1 saturated carbocycles. The first-order valence-electron chi connectivity index (χ1n) is 6.81. The number of amides is 1. The highest BCUT2D eigenvalue weighted by molar-refractivity contribution is 7.89. The summed E-state index contributed by atoms with van der Waals surface area (Å²) in [4.78, 5) is 11.2. The second-order valence-electron chi connectivity index (χ2n) is 5.73. The van der Waals surface area contributed by atoms with E-state index in [1.165, 1.54) is 23.9 Å². The molecule has 0 atom stereocenters. The van der Waals surface area contributed by atoms with E-state index < -0.39 is 21.5 Å². The van der Waals surface area contributed by atoms with E-state index in [9.17, 15) is 18.3 Å². The highest BCUT2D eigenvalue weighted by atomic mass is 32.2. The Balaban J connectivity index is 2.24.